The van der Waals surface area contributed by atoms with Crippen LogP contribution in [0.5, 0.6) is 0 Å². The van der Waals surface area contributed by atoms with E-state index in [0.29, 0.717) is 5.56 Å². The third kappa shape index (κ3) is 2.62. The van der Waals surface area contributed by atoms with Gasteiger partial charge in [0.25, 0.3) is 0 Å². The number of hydrogen-bond donors (Lipinski definition) is 0. The third-order valence-corrected chi connectivity index (χ3v) is 2.48. The quantitative estimate of drug-likeness (QED) is 0.653. The van der Waals surface area contributed by atoms with Gasteiger partial charge in [-0.1, -0.05) is 0 Å². The van der Waals surface area contributed by atoms with Gasteiger partial charge in [0.2, 0.25) is 0 Å². The molecule has 1 heterocycles. The van der Waals surface area contributed by atoms with E-state index in [1.165, 1.54) is 12.3 Å². The van der Waals surface area contributed by atoms with E-state index in [1.54, 1.807) is 6.07 Å². The molecule has 0 saturated carbocycles. The summed E-state index contributed by atoms with van der Waals surface area (Å²) in [6, 6.07) is 3.02. The normalized spacial score (nSPS) is 11.2. The van der Waals surface area contributed by atoms with Gasteiger partial charge in [0.15, 0.2) is 14.9 Å². The molecule has 1 aromatic rings. The maximum absolute atomic E-state index is 11.0. The summed E-state index contributed by atoms with van der Waals surface area (Å²) >= 11 is 0. The highest BCUT2D eigenvalue weighted by molar-refractivity contribution is 7.90. The van der Waals surface area contributed by atoms with Crippen molar-refractivity contribution in [3.8, 4) is 0 Å². The minimum absolute atomic E-state index is 0.00634. The van der Waals surface area contributed by atoms with Gasteiger partial charge in [-0.25, -0.2) is 13.4 Å². The predicted octanol–water partition coefficient (Wildman–Crippen LogP) is 0.227. The van der Waals surface area contributed by atoms with Crippen LogP contribution in [0.3, 0.4) is 0 Å². The lowest BCUT2D eigenvalue weighted by Crippen LogP contribution is -2.01. The average Bonchev–Trinajstić information content (AvgIpc) is 2.04. The van der Waals surface area contributed by atoms with Gasteiger partial charge in [0, 0.05) is 18.9 Å². The first-order valence-corrected chi connectivity index (χ1v) is 5.52. The van der Waals surface area contributed by atoms with Crippen molar-refractivity contribution in [2.75, 3.05) is 6.26 Å². The Morgan fingerprint density at radius 1 is 1.54 bits per heavy atom. The van der Waals surface area contributed by atoms with Crippen molar-refractivity contribution in [2.45, 2.75) is 11.4 Å². The van der Waals surface area contributed by atoms with E-state index in [9.17, 15) is 13.2 Å². The second kappa shape index (κ2) is 3.66. The Kier molecular flexibility index (Phi) is 2.77. The van der Waals surface area contributed by atoms with Crippen LogP contribution in [0, 0.1) is 0 Å². The molecule has 0 atom stereocenters. The van der Waals surface area contributed by atoms with Crippen molar-refractivity contribution in [1.29, 1.82) is 0 Å². The number of aromatic nitrogens is 1. The number of sulfone groups is 1. The lowest BCUT2D eigenvalue weighted by atomic mass is 10.2. The first-order valence-electron chi connectivity index (χ1n) is 3.62. The van der Waals surface area contributed by atoms with Crippen LogP contribution in [-0.4, -0.2) is 25.9 Å². The highest BCUT2D eigenvalue weighted by atomic mass is 32.2. The topological polar surface area (TPSA) is 64.1 Å². The summed E-state index contributed by atoms with van der Waals surface area (Å²) < 4.78 is 22.1. The number of nitrogens with zero attached hydrogens (tertiary/aromatic N) is 1. The molecule has 0 spiro atoms. The second-order valence-corrected chi connectivity index (χ2v) is 4.61. The molecule has 1 rings (SSSR count). The molecule has 13 heavy (non-hydrogen) atoms. The zero-order valence-electron chi connectivity index (χ0n) is 7.10. The second-order valence-electron chi connectivity index (χ2n) is 2.65. The van der Waals surface area contributed by atoms with Crippen LogP contribution < -0.4 is 0 Å². The fraction of sp³-hybridized carbons (Fsp3) is 0.250. The molecule has 0 aliphatic rings. The molecule has 0 aliphatic carbocycles. The first kappa shape index (κ1) is 9.85. The molecule has 4 nitrogen and oxygen atoms in total. The van der Waals surface area contributed by atoms with Crippen LogP contribution in [0.1, 0.15) is 5.56 Å². The van der Waals surface area contributed by atoms with Crippen molar-refractivity contribution in [3.05, 3.63) is 23.9 Å². The summed E-state index contributed by atoms with van der Waals surface area (Å²) in [4.78, 5) is 13.9. The standard InChI is InChI=1S/C8H9NO3S/c1-13(11,12)8-6-7(3-5-10)2-4-9-8/h2,4-6H,3H2,1H3. The summed E-state index contributed by atoms with van der Waals surface area (Å²) in [6.07, 6.45) is 3.40. The van der Waals surface area contributed by atoms with E-state index >= 15 is 0 Å². The molecule has 0 aromatic carbocycles. The summed E-state index contributed by atoms with van der Waals surface area (Å²) in [7, 11) is -3.27. The Balaban J connectivity index is 3.13. The largest absolute Gasteiger partial charge is 0.303 e. The Bertz CT molecular complexity index is 411. The Hall–Kier alpha value is -1.23. The Labute approximate surface area is 76.5 Å². The summed E-state index contributed by atoms with van der Waals surface area (Å²) in [6.45, 7) is 0. The number of carbonyl (C=O) groups is 1. The lowest BCUT2D eigenvalue weighted by molar-refractivity contribution is -0.107. The lowest BCUT2D eigenvalue weighted by Gasteiger charge is -1.98. The molecule has 70 valence electrons. The maximum Gasteiger partial charge on any atom is 0.192 e. The van der Waals surface area contributed by atoms with Crippen LogP contribution >= 0.6 is 0 Å². The molecule has 1 aromatic heterocycles. The number of carbonyl (C=O) groups excluding carboxylic acids is 1. The Morgan fingerprint density at radius 2 is 2.23 bits per heavy atom. The minimum atomic E-state index is -3.27. The number of hydrogen-bond acceptors (Lipinski definition) is 4. The van der Waals surface area contributed by atoms with Crippen molar-refractivity contribution in [1.82, 2.24) is 4.98 Å². The molecular formula is C8H9NO3S. The van der Waals surface area contributed by atoms with Gasteiger partial charge in [0.05, 0.1) is 0 Å². The highest BCUT2D eigenvalue weighted by Crippen LogP contribution is 2.07. The molecule has 0 bridgehead atoms. The molecular weight excluding hydrogens is 190 g/mol. The van der Waals surface area contributed by atoms with Gasteiger partial charge in [0.1, 0.15) is 6.29 Å². The predicted molar refractivity (Wildman–Crippen MR) is 47.1 cm³/mol. The van der Waals surface area contributed by atoms with Crippen LogP contribution in [0.4, 0.5) is 0 Å². The maximum atomic E-state index is 11.0. The third-order valence-electron chi connectivity index (χ3n) is 1.50. The van der Waals surface area contributed by atoms with Crippen molar-refractivity contribution in [3.63, 3.8) is 0 Å². The van der Waals surface area contributed by atoms with Crippen molar-refractivity contribution in [2.24, 2.45) is 0 Å². The van der Waals surface area contributed by atoms with Gasteiger partial charge in [-0.3, -0.25) is 0 Å². The number of rotatable bonds is 3. The number of pyridine rings is 1. The average molecular weight is 199 g/mol. The van der Waals surface area contributed by atoms with Gasteiger partial charge < -0.3 is 4.79 Å². The van der Waals surface area contributed by atoms with Gasteiger partial charge >= 0.3 is 0 Å². The fourth-order valence-electron chi connectivity index (χ4n) is 0.876. The summed E-state index contributed by atoms with van der Waals surface area (Å²) in [5, 5.41) is 0.00634. The van der Waals surface area contributed by atoms with Gasteiger partial charge in [-0.15, -0.1) is 0 Å². The smallest absolute Gasteiger partial charge is 0.192 e. The van der Waals surface area contributed by atoms with Gasteiger partial charge in [-0.2, -0.15) is 0 Å². The zero-order chi connectivity index (χ0) is 9.90. The fourth-order valence-corrected chi connectivity index (χ4v) is 1.49. The van der Waals surface area contributed by atoms with E-state index < -0.39 is 9.84 Å². The molecule has 0 radical (unpaired) electrons. The summed E-state index contributed by atoms with van der Waals surface area (Å²) in [5.74, 6) is 0. The molecule has 0 unspecified atom stereocenters. The van der Waals surface area contributed by atoms with Crippen LogP contribution in [0.15, 0.2) is 23.4 Å². The molecule has 0 fully saturated rings. The van der Waals surface area contributed by atoms with E-state index in [1.807, 2.05) is 0 Å². The molecule has 5 heteroatoms. The first-order chi connectivity index (χ1) is 6.04. The van der Waals surface area contributed by atoms with Gasteiger partial charge in [-0.05, 0) is 17.7 Å². The minimum Gasteiger partial charge on any atom is -0.303 e. The van der Waals surface area contributed by atoms with E-state index in [-0.39, 0.29) is 11.4 Å². The highest BCUT2D eigenvalue weighted by Gasteiger charge is 2.08. The van der Waals surface area contributed by atoms with Crippen molar-refractivity contribution < 1.29 is 13.2 Å². The van der Waals surface area contributed by atoms with E-state index in [4.69, 9.17) is 0 Å². The van der Waals surface area contributed by atoms with Crippen LogP contribution in [-0.2, 0) is 21.1 Å². The summed E-state index contributed by atoms with van der Waals surface area (Å²) in [5.41, 5.74) is 0.658. The zero-order valence-corrected chi connectivity index (χ0v) is 7.91. The monoisotopic (exact) mass is 199 g/mol. The van der Waals surface area contributed by atoms with Crippen molar-refractivity contribution >= 4 is 16.1 Å². The molecule has 0 N–H and O–H groups in total. The Morgan fingerprint density at radius 3 is 2.77 bits per heavy atom. The molecule has 0 aliphatic heterocycles. The number of aldehydes is 1. The van der Waals surface area contributed by atoms with E-state index in [2.05, 4.69) is 4.98 Å². The SMILES string of the molecule is CS(=O)(=O)c1cc(CC=O)ccn1. The van der Waals surface area contributed by atoms with Crippen LogP contribution in [0.2, 0.25) is 0 Å². The molecule has 0 saturated heterocycles. The molecule has 0 amide bonds. The van der Waals surface area contributed by atoms with E-state index in [0.717, 1.165) is 12.5 Å². The van der Waals surface area contributed by atoms with Crippen LogP contribution in [0.25, 0.3) is 0 Å².